The van der Waals surface area contributed by atoms with Gasteiger partial charge in [-0.15, -0.1) is 0 Å². The van der Waals surface area contributed by atoms with Gasteiger partial charge in [-0.1, -0.05) is 13.8 Å². The second kappa shape index (κ2) is 10.6. The molecule has 2 aliphatic rings. The van der Waals surface area contributed by atoms with Gasteiger partial charge in [-0.3, -0.25) is 4.79 Å². The first-order chi connectivity index (χ1) is 15.5. The summed E-state index contributed by atoms with van der Waals surface area (Å²) in [6.07, 6.45) is 3.01. The number of hydrogen-bond donors (Lipinski definition) is 2. The second-order valence-corrected chi connectivity index (χ2v) is 10.7. The van der Waals surface area contributed by atoms with Gasteiger partial charge in [-0.05, 0) is 76.8 Å². The van der Waals surface area contributed by atoms with Gasteiger partial charge in [0.05, 0.1) is 25.2 Å². The quantitative estimate of drug-likeness (QED) is 0.502. The van der Waals surface area contributed by atoms with Crippen LogP contribution in [0.5, 0.6) is 5.75 Å². The van der Waals surface area contributed by atoms with E-state index in [1.165, 1.54) is 40.8 Å². The van der Waals surface area contributed by atoms with Crippen molar-refractivity contribution in [3.05, 3.63) is 22.3 Å². The highest BCUT2D eigenvalue weighted by atomic mass is 16.5. The van der Waals surface area contributed by atoms with E-state index >= 15 is 0 Å². The minimum atomic E-state index is -0.900. The number of fused-ring (bicyclic) bond motifs is 1. The first-order valence-corrected chi connectivity index (χ1v) is 12.7. The Morgan fingerprint density at radius 3 is 2.45 bits per heavy atom. The number of esters is 1. The molecule has 0 bridgehead atoms. The number of anilines is 1. The molecule has 0 aliphatic carbocycles. The van der Waals surface area contributed by atoms with Gasteiger partial charge >= 0.3 is 5.97 Å². The molecule has 6 nitrogen and oxygen atoms in total. The van der Waals surface area contributed by atoms with E-state index in [0.717, 1.165) is 25.3 Å². The molecule has 2 atom stereocenters. The molecule has 0 spiro atoms. The fraction of sp³-hybridized carbons (Fsp3) is 0.741. The normalized spacial score (nSPS) is 18.9. The van der Waals surface area contributed by atoms with E-state index in [1.807, 2.05) is 0 Å². The molecule has 2 unspecified atom stereocenters. The molecule has 0 radical (unpaired) electrons. The van der Waals surface area contributed by atoms with Crippen molar-refractivity contribution >= 4 is 11.7 Å². The van der Waals surface area contributed by atoms with Crippen molar-refractivity contribution in [2.24, 2.45) is 0 Å². The zero-order valence-corrected chi connectivity index (χ0v) is 21.4. The molecule has 6 heteroatoms. The predicted molar refractivity (Wildman–Crippen MR) is 131 cm³/mol. The summed E-state index contributed by atoms with van der Waals surface area (Å²) in [7, 11) is 0. The third-order valence-electron chi connectivity index (χ3n) is 6.90. The molecule has 33 heavy (non-hydrogen) atoms. The van der Waals surface area contributed by atoms with Crippen molar-refractivity contribution in [1.82, 2.24) is 0 Å². The molecule has 1 aromatic rings. The number of rotatable bonds is 10. The van der Waals surface area contributed by atoms with Crippen LogP contribution in [0.4, 0.5) is 5.69 Å². The second-order valence-electron chi connectivity index (χ2n) is 10.7. The van der Waals surface area contributed by atoms with Gasteiger partial charge in [0.15, 0.2) is 0 Å². The Morgan fingerprint density at radius 1 is 1.18 bits per heavy atom. The molecule has 3 rings (SSSR count). The predicted octanol–water partition coefficient (Wildman–Crippen LogP) is 4.43. The summed E-state index contributed by atoms with van der Waals surface area (Å²) in [4.78, 5) is 14.2. The van der Waals surface area contributed by atoms with E-state index in [2.05, 4.69) is 39.5 Å². The number of hydrogen-bond acceptors (Lipinski definition) is 6. The van der Waals surface area contributed by atoms with Crippen molar-refractivity contribution in [2.45, 2.75) is 110 Å². The summed E-state index contributed by atoms with van der Waals surface area (Å²) in [5.74, 6) is 0.906. The number of aliphatic hydroxyl groups is 2. The molecule has 2 aliphatic heterocycles. The third-order valence-corrected chi connectivity index (χ3v) is 6.90. The standard InChI is InChI=1S/C27H43NO5/c1-7-32-23(31)15-20(30)14-19(29)10-11-21-24(17(2)3)25(28-12-8-9-13-28)18(4)22-16-27(5,6)33-26(21)22/h17,19-20,29-30H,7-16H2,1-6H3. The van der Waals surface area contributed by atoms with E-state index in [-0.39, 0.29) is 18.4 Å². The summed E-state index contributed by atoms with van der Waals surface area (Å²) in [6.45, 7) is 15.2. The average molecular weight is 462 g/mol. The van der Waals surface area contributed by atoms with Crippen LogP contribution in [0.3, 0.4) is 0 Å². The topological polar surface area (TPSA) is 79.2 Å². The van der Waals surface area contributed by atoms with Crippen LogP contribution in [0.1, 0.15) is 94.9 Å². The van der Waals surface area contributed by atoms with Crippen LogP contribution in [0.15, 0.2) is 0 Å². The lowest BCUT2D eigenvalue weighted by Gasteiger charge is -2.30. The fourth-order valence-electron chi connectivity index (χ4n) is 5.49. The summed E-state index contributed by atoms with van der Waals surface area (Å²) in [5.41, 5.74) is 6.32. The number of ether oxygens (including phenoxy) is 2. The molecule has 186 valence electrons. The minimum Gasteiger partial charge on any atom is -0.487 e. The zero-order chi connectivity index (χ0) is 24.3. The first-order valence-electron chi connectivity index (χ1n) is 12.7. The molecule has 0 aromatic heterocycles. The summed E-state index contributed by atoms with van der Waals surface area (Å²) < 4.78 is 11.4. The van der Waals surface area contributed by atoms with Crippen molar-refractivity contribution in [2.75, 3.05) is 24.6 Å². The molecule has 2 N–H and O–H groups in total. The maximum atomic E-state index is 11.6. The summed E-state index contributed by atoms with van der Waals surface area (Å²) in [6, 6.07) is 0. The summed E-state index contributed by atoms with van der Waals surface area (Å²) in [5, 5.41) is 20.9. The van der Waals surface area contributed by atoms with Crippen molar-refractivity contribution in [3.63, 3.8) is 0 Å². The van der Waals surface area contributed by atoms with Crippen LogP contribution in [0.25, 0.3) is 0 Å². The van der Waals surface area contributed by atoms with Crippen LogP contribution in [-0.2, 0) is 22.4 Å². The van der Waals surface area contributed by atoms with Crippen LogP contribution in [0.2, 0.25) is 0 Å². The Bertz CT molecular complexity index is 842. The van der Waals surface area contributed by atoms with E-state index in [0.29, 0.717) is 25.4 Å². The molecule has 0 saturated carbocycles. The molecule has 2 heterocycles. The van der Waals surface area contributed by atoms with Crippen molar-refractivity contribution in [1.29, 1.82) is 0 Å². The molecule has 1 aromatic carbocycles. The average Bonchev–Trinajstić information content (AvgIpc) is 3.34. The Hall–Kier alpha value is -1.79. The van der Waals surface area contributed by atoms with Crippen LogP contribution < -0.4 is 9.64 Å². The van der Waals surface area contributed by atoms with Crippen LogP contribution >= 0.6 is 0 Å². The first kappa shape index (κ1) is 25.8. The van der Waals surface area contributed by atoms with Gasteiger partial charge in [0.1, 0.15) is 11.4 Å². The fourth-order valence-corrected chi connectivity index (χ4v) is 5.49. The van der Waals surface area contributed by atoms with Crippen LogP contribution in [-0.4, -0.2) is 53.7 Å². The smallest absolute Gasteiger partial charge is 0.308 e. The Morgan fingerprint density at radius 2 is 1.85 bits per heavy atom. The lowest BCUT2D eigenvalue weighted by Crippen LogP contribution is -2.25. The van der Waals surface area contributed by atoms with Crippen molar-refractivity contribution in [3.8, 4) is 5.75 Å². The summed E-state index contributed by atoms with van der Waals surface area (Å²) >= 11 is 0. The minimum absolute atomic E-state index is 0.0848. The Kier molecular flexibility index (Phi) is 8.33. The lowest BCUT2D eigenvalue weighted by atomic mass is 9.84. The molecule has 0 amide bonds. The third kappa shape index (κ3) is 6.02. The van der Waals surface area contributed by atoms with E-state index < -0.39 is 18.2 Å². The lowest BCUT2D eigenvalue weighted by molar-refractivity contribution is -0.145. The highest BCUT2D eigenvalue weighted by Crippen LogP contribution is 2.49. The number of carbonyl (C=O) groups excluding carboxylic acids is 1. The molecular weight excluding hydrogens is 418 g/mol. The van der Waals surface area contributed by atoms with Gasteiger partial charge in [-0.2, -0.15) is 0 Å². The largest absolute Gasteiger partial charge is 0.487 e. The van der Waals surface area contributed by atoms with Gasteiger partial charge in [0.25, 0.3) is 0 Å². The molecular formula is C27H43NO5. The van der Waals surface area contributed by atoms with Gasteiger partial charge in [0.2, 0.25) is 0 Å². The number of benzene rings is 1. The molecule has 1 fully saturated rings. The van der Waals surface area contributed by atoms with E-state index in [9.17, 15) is 15.0 Å². The number of nitrogens with zero attached hydrogens (tertiary/aromatic N) is 1. The van der Waals surface area contributed by atoms with Gasteiger partial charge in [-0.25, -0.2) is 0 Å². The maximum absolute atomic E-state index is 11.6. The van der Waals surface area contributed by atoms with E-state index in [1.54, 1.807) is 6.92 Å². The highest BCUT2D eigenvalue weighted by molar-refractivity contribution is 5.72. The monoisotopic (exact) mass is 461 g/mol. The Labute approximate surface area is 199 Å². The number of carbonyl (C=O) groups is 1. The highest BCUT2D eigenvalue weighted by Gasteiger charge is 2.37. The van der Waals surface area contributed by atoms with E-state index in [4.69, 9.17) is 9.47 Å². The van der Waals surface area contributed by atoms with Crippen molar-refractivity contribution < 1.29 is 24.5 Å². The SMILES string of the molecule is CCOC(=O)CC(O)CC(O)CCc1c2c(c(C)c(N3CCCC3)c1C(C)C)CC(C)(C)O2. The maximum Gasteiger partial charge on any atom is 0.308 e. The Balaban J connectivity index is 1.87. The van der Waals surface area contributed by atoms with Crippen LogP contribution in [0, 0.1) is 6.92 Å². The van der Waals surface area contributed by atoms with Gasteiger partial charge in [0, 0.05) is 36.3 Å². The van der Waals surface area contributed by atoms with Gasteiger partial charge < -0.3 is 24.6 Å². The molecule has 1 saturated heterocycles. The zero-order valence-electron chi connectivity index (χ0n) is 21.4. The number of aliphatic hydroxyl groups excluding tert-OH is 2.